The van der Waals surface area contributed by atoms with Gasteiger partial charge in [-0.3, -0.25) is 9.59 Å². The zero-order valence-electron chi connectivity index (χ0n) is 8.07. The largest absolute Gasteiger partial charge is 0.481 e. The number of Topliss-reactive ketones (excluding diaryl/α,β-unsaturated/α-hetero) is 1. The first kappa shape index (κ1) is 10.3. The molecule has 0 spiro atoms. The molecule has 0 aliphatic carbocycles. The molecule has 1 aromatic heterocycles. The standard InChI is InChI=1S/C9H12N2O3/c1-5(12)7-3-6(10)8(11(7)2)4-9(13)14/h3H,4,10H2,1-2H3,(H,13,14). The predicted octanol–water partition coefficient (Wildman–Crippen LogP) is 0.437. The minimum Gasteiger partial charge on any atom is -0.481 e. The summed E-state index contributed by atoms with van der Waals surface area (Å²) in [5.41, 5.74) is 6.83. The van der Waals surface area contributed by atoms with Crippen LogP contribution in [0.5, 0.6) is 0 Å². The Morgan fingerprint density at radius 2 is 2.14 bits per heavy atom. The molecule has 76 valence electrons. The van der Waals surface area contributed by atoms with Crippen molar-refractivity contribution in [3.8, 4) is 0 Å². The summed E-state index contributed by atoms with van der Waals surface area (Å²) >= 11 is 0. The second-order valence-electron chi connectivity index (χ2n) is 3.12. The first-order chi connectivity index (χ1) is 6.43. The molecule has 0 amide bonds. The molecule has 5 nitrogen and oxygen atoms in total. The number of aliphatic carboxylic acids is 1. The van der Waals surface area contributed by atoms with Crippen LogP contribution in [-0.4, -0.2) is 21.4 Å². The van der Waals surface area contributed by atoms with E-state index in [-0.39, 0.29) is 12.2 Å². The molecule has 0 fully saturated rings. The van der Waals surface area contributed by atoms with Gasteiger partial charge in [0.05, 0.1) is 23.5 Å². The van der Waals surface area contributed by atoms with Crippen molar-refractivity contribution in [2.45, 2.75) is 13.3 Å². The number of nitrogens with two attached hydrogens (primary N) is 1. The molecule has 0 aliphatic rings. The van der Waals surface area contributed by atoms with Crippen molar-refractivity contribution in [2.75, 3.05) is 5.73 Å². The maximum Gasteiger partial charge on any atom is 0.309 e. The van der Waals surface area contributed by atoms with E-state index >= 15 is 0 Å². The van der Waals surface area contributed by atoms with Crippen LogP contribution >= 0.6 is 0 Å². The Labute approximate surface area is 81.1 Å². The summed E-state index contributed by atoms with van der Waals surface area (Å²) in [6.45, 7) is 1.42. The van der Waals surface area contributed by atoms with E-state index in [4.69, 9.17) is 10.8 Å². The van der Waals surface area contributed by atoms with Gasteiger partial charge in [-0.15, -0.1) is 0 Å². The van der Waals surface area contributed by atoms with Gasteiger partial charge < -0.3 is 15.4 Å². The smallest absolute Gasteiger partial charge is 0.309 e. The third-order valence-electron chi connectivity index (χ3n) is 2.07. The molecule has 1 heterocycles. The van der Waals surface area contributed by atoms with Crippen molar-refractivity contribution >= 4 is 17.4 Å². The molecule has 1 aromatic rings. The Morgan fingerprint density at radius 3 is 2.50 bits per heavy atom. The first-order valence-electron chi connectivity index (χ1n) is 4.10. The molecule has 0 bridgehead atoms. The maximum absolute atomic E-state index is 11.1. The number of ketones is 1. The number of rotatable bonds is 3. The number of anilines is 1. The molecule has 5 heteroatoms. The van der Waals surface area contributed by atoms with E-state index in [9.17, 15) is 9.59 Å². The fourth-order valence-corrected chi connectivity index (χ4v) is 1.37. The van der Waals surface area contributed by atoms with Gasteiger partial charge in [-0.25, -0.2) is 0 Å². The van der Waals surface area contributed by atoms with Crippen LogP contribution in [0.4, 0.5) is 5.69 Å². The van der Waals surface area contributed by atoms with Crippen LogP contribution in [0.15, 0.2) is 6.07 Å². The highest BCUT2D eigenvalue weighted by atomic mass is 16.4. The molecule has 1 rings (SSSR count). The number of nitrogens with zero attached hydrogens (tertiary/aromatic N) is 1. The number of hydrogen-bond donors (Lipinski definition) is 2. The lowest BCUT2D eigenvalue weighted by Gasteiger charge is -2.03. The Kier molecular flexibility index (Phi) is 2.60. The second-order valence-corrected chi connectivity index (χ2v) is 3.12. The SMILES string of the molecule is CC(=O)c1cc(N)c(CC(=O)O)n1C. The minimum absolute atomic E-state index is 0.129. The number of nitrogen functional groups attached to an aromatic ring is 1. The number of carboxylic acids is 1. The molecule has 0 aliphatic heterocycles. The minimum atomic E-state index is -0.965. The number of carbonyl (C=O) groups is 2. The second kappa shape index (κ2) is 3.53. The van der Waals surface area contributed by atoms with Crippen LogP contribution in [0.2, 0.25) is 0 Å². The van der Waals surface area contributed by atoms with Gasteiger partial charge >= 0.3 is 5.97 Å². The summed E-state index contributed by atoms with van der Waals surface area (Å²) in [5.74, 6) is -1.09. The van der Waals surface area contributed by atoms with Gasteiger partial charge in [0.15, 0.2) is 5.78 Å². The highest BCUT2D eigenvalue weighted by molar-refractivity contribution is 5.94. The molecular weight excluding hydrogens is 184 g/mol. The molecule has 3 N–H and O–H groups in total. The lowest BCUT2D eigenvalue weighted by atomic mass is 10.3. The zero-order valence-corrected chi connectivity index (χ0v) is 8.07. The molecule has 0 saturated heterocycles. The van der Waals surface area contributed by atoms with Gasteiger partial charge in [0.2, 0.25) is 0 Å². The van der Waals surface area contributed by atoms with Crippen LogP contribution in [0.3, 0.4) is 0 Å². The van der Waals surface area contributed by atoms with Crippen molar-refractivity contribution in [3.05, 3.63) is 17.5 Å². The average molecular weight is 196 g/mol. The number of hydrogen-bond acceptors (Lipinski definition) is 3. The summed E-state index contributed by atoms with van der Waals surface area (Å²) in [7, 11) is 1.63. The molecule has 0 aromatic carbocycles. The van der Waals surface area contributed by atoms with Gasteiger partial charge in [-0.1, -0.05) is 0 Å². The number of carbonyl (C=O) groups excluding carboxylic acids is 1. The molecular formula is C9H12N2O3. The highest BCUT2D eigenvalue weighted by Gasteiger charge is 2.15. The Hall–Kier alpha value is -1.78. The lowest BCUT2D eigenvalue weighted by Crippen LogP contribution is -2.10. The van der Waals surface area contributed by atoms with Crippen molar-refractivity contribution in [2.24, 2.45) is 7.05 Å². The number of carboxylic acid groups (broad SMARTS) is 1. The maximum atomic E-state index is 11.1. The molecule has 0 saturated carbocycles. The van der Waals surface area contributed by atoms with Crippen LogP contribution in [0.1, 0.15) is 23.1 Å². The van der Waals surface area contributed by atoms with Gasteiger partial charge in [0.25, 0.3) is 0 Å². The monoisotopic (exact) mass is 196 g/mol. The van der Waals surface area contributed by atoms with Crippen molar-refractivity contribution in [1.82, 2.24) is 4.57 Å². The molecule has 0 atom stereocenters. The van der Waals surface area contributed by atoms with Gasteiger partial charge in [0, 0.05) is 14.0 Å². The normalized spacial score (nSPS) is 10.1. The van der Waals surface area contributed by atoms with Gasteiger partial charge in [-0.2, -0.15) is 0 Å². The van der Waals surface area contributed by atoms with E-state index in [1.807, 2.05) is 0 Å². The Morgan fingerprint density at radius 1 is 1.57 bits per heavy atom. The predicted molar refractivity (Wildman–Crippen MR) is 51.2 cm³/mol. The fourth-order valence-electron chi connectivity index (χ4n) is 1.37. The fraction of sp³-hybridized carbons (Fsp3) is 0.333. The molecule has 0 unspecified atom stereocenters. The van der Waals surface area contributed by atoms with Crippen molar-refractivity contribution in [3.63, 3.8) is 0 Å². The summed E-state index contributed by atoms with van der Waals surface area (Å²) in [6, 6.07) is 1.50. The highest BCUT2D eigenvalue weighted by Crippen LogP contribution is 2.18. The van der Waals surface area contributed by atoms with Crippen molar-refractivity contribution in [1.29, 1.82) is 0 Å². The van der Waals surface area contributed by atoms with Gasteiger partial charge in [-0.05, 0) is 6.07 Å². The lowest BCUT2D eigenvalue weighted by molar-refractivity contribution is -0.136. The van der Waals surface area contributed by atoms with Crippen LogP contribution in [-0.2, 0) is 18.3 Å². The third-order valence-corrected chi connectivity index (χ3v) is 2.07. The van der Waals surface area contributed by atoms with Crippen molar-refractivity contribution < 1.29 is 14.7 Å². The Balaban J connectivity index is 3.17. The Bertz CT molecular complexity index is 393. The molecule has 14 heavy (non-hydrogen) atoms. The van der Waals surface area contributed by atoms with Crippen LogP contribution in [0, 0.1) is 0 Å². The van der Waals surface area contributed by atoms with Crippen LogP contribution < -0.4 is 5.73 Å². The topological polar surface area (TPSA) is 85.3 Å². The summed E-state index contributed by atoms with van der Waals surface area (Å²) in [6.07, 6.45) is -0.171. The summed E-state index contributed by atoms with van der Waals surface area (Å²) in [5, 5.41) is 8.61. The van der Waals surface area contributed by atoms with Gasteiger partial charge in [0.1, 0.15) is 0 Å². The van der Waals surface area contributed by atoms with E-state index in [0.717, 1.165) is 0 Å². The quantitative estimate of drug-likeness (QED) is 0.687. The van der Waals surface area contributed by atoms with E-state index in [1.165, 1.54) is 17.6 Å². The molecule has 0 radical (unpaired) electrons. The summed E-state index contributed by atoms with van der Waals surface area (Å²) < 4.78 is 1.52. The first-order valence-corrected chi connectivity index (χ1v) is 4.10. The zero-order chi connectivity index (χ0) is 10.9. The van der Waals surface area contributed by atoms with E-state index in [1.54, 1.807) is 7.05 Å². The van der Waals surface area contributed by atoms with Crippen LogP contribution in [0.25, 0.3) is 0 Å². The third kappa shape index (κ3) is 1.76. The average Bonchev–Trinajstić information content (AvgIpc) is 2.31. The number of aromatic nitrogens is 1. The van der Waals surface area contributed by atoms with E-state index < -0.39 is 5.97 Å². The van der Waals surface area contributed by atoms with E-state index in [0.29, 0.717) is 17.1 Å². The van der Waals surface area contributed by atoms with E-state index in [2.05, 4.69) is 0 Å². The summed E-state index contributed by atoms with van der Waals surface area (Å²) in [4.78, 5) is 21.6.